The van der Waals surface area contributed by atoms with Gasteiger partial charge in [0.05, 0.1) is 31.5 Å². The predicted octanol–water partition coefficient (Wildman–Crippen LogP) is 3.37. The Labute approximate surface area is 165 Å². The molecule has 0 aliphatic heterocycles. The molecule has 2 N–H and O–H groups in total. The van der Waals surface area contributed by atoms with Gasteiger partial charge in [0.25, 0.3) is 0 Å². The normalized spacial score (nSPS) is 11.2. The maximum atomic E-state index is 5.49. The fourth-order valence-electron chi connectivity index (χ4n) is 2.82. The molecule has 0 fully saturated rings. The number of guanidine groups is 1. The van der Waals surface area contributed by atoms with Crippen LogP contribution in [0, 0.1) is 13.8 Å². The Morgan fingerprint density at radius 2 is 1.96 bits per heavy atom. The van der Waals surface area contributed by atoms with Gasteiger partial charge in [-0.15, -0.1) is 17.9 Å². The van der Waals surface area contributed by atoms with Gasteiger partial charge in [-0.05, 0) is 38.0 Å². The largest absolute Gasteiger partial charge is 0.493 e. The molecule has 6 nitrogen and oxygen atoms in total. The van der Waals surface area contributed by atoms with Gasteiger partial charge < -0.3 is 20.1 Å². The quantitative estimate of drug-likeness (QED) is 0.412. The lowest BCUT2D eigenvalue weighted by atomic mass is 10.1. The van der Waals surface area contributed by atoms with Crippen molar-refractivity contribution in [3.63, 3.8) is 0 Å². The summed E-state index contributed by atoms with van der Waals surface area (Å²) in [6.07, 6.45) is 2.57. The number of methoxy groups -OCH3 is 2. The molecule has 0 amide bonds. The van der Waals surface area contributed by atoms with Gasteiger partial charge in [0, 0.05) is 24.0 Å². The molecule has 0 unspecified atom stereocenters. The number of aromatic nitrogens is 1. The van der Waals surface area contributed by atoms with Crippen LogP contribution in [0.25, 0.3) is 0 Å². The molecule has 27 heavy (non-hydrogen) atoms. The number of allylic oxidation sites excluding steroid dienone is 1. The highest BCUT2D eigenvalue weighted by atomic mass is 32.1. The van der Waals surface area contributed by atoms with Crippen molar-refractivity contribution >= 4 is 17.3 Å². The number of rotatable bonds is 8. The average Bonchev–Trinajstić information content (AvgIpc) is 2.98. The van der Waals surface area contributed by atoms with Gasteiger partial charge in [-0.2, -0.15) is 0 Å². The topological polar surface area (TPSA) is 67.8 Å². The number of thiazole rings is 1. The summed E-state index contributed by atoms with van der Waals surface area (Å²) >= 11 is 1.70. The summed E-state index contributed by atoms with van der Waals surface area (Å²) < 4.78 is 11.0. The van der Waals surface area contributed by atoms with Gasteiger partial charge in [0.15, 0.2) is 17.5 Å². The minimum atomic E-state index is 0.616. The molecule has 0 saturated heterocycles. The van der Waals surface area contributed by atoms with Crippen LogP contribution in [0.5, 0.6) is 11.5 Å². The van der Waals surface area contributed by atoms with Crippen molar-refractivity contribution in [3.8, 4) is 11.5 Å². The molecule has 2 rings (SSSR count). The molecule has 2 aromatic rings. The molecule has 1 aromatic heterocycles. The summed E-state index contributed by atoms with van der Waals surface area (Å²) in [6.45, 7) is 9.18. The van der Waals surface area contributed by atoms with E-state index >= 15 is 0 Å². The lowest BCUT2D eigenvalue weighted by Crippen LogP contribution is -2.36. The smallest absolute Gasteiger partial charge is 0.191 e. The number of hydrogen-bond donors (Lipinski definition) is 2. The van der Waals surface area contributed by atoms with Gasteiger partial charge in [0.1, 0.15) is 0 Å². The zero-order valence-electron chi connectivity index (χ0n) is 16.7. The molecule has 1 heterocycles. The standard InChI is InChI=1S/C20H28N4O2S/c1-7-8-16-9-15(10-17(25-5)19(16)26-6)11-22-20(21-4)23-12-18-13(2)24-14(3)27-18/h7,9-10H,1,8,11-12H2,2-6H3,(H2,21,22,23). The monoisotopic (exact) mass is 388 g/mol. The summed E-state index contributed by atoms with van der Waals surface area (Å²) in [7, 11) is 5.06. The SMILES string of the molecule is C=CCc1cc(CNC(=NC)NCc2sc(C)nc2C)cc(OC)c1OC. The molecule has 1 aromatic carbocycles. The number of hydrogen-bond acceptors (Lipinski definition) is 5. The van der Waals surface area contributed by atoms with E-state index in [4.69, 9.17) is 9.47 Å². The Bertz CT molecular complexity index is 815. The fraction of sp³-hybridized carbons (Fsp3) is 0.400. The summed E-state index contributed by atoms with van der Waals surface area (Å²) in [4.78, 5) is 9.97. The molecule has 7 heteroatoms. The molecule has 0 bridgehead atoms. The van der Waals surface area contributed by atoms with E-state index in [1.54, 1.807) is 32.6 Å². The highest BCUT2D eigenvalue weighted by Gasteiger charge is 2.12. The second-order valence-corrected chi connectivity index (χ2v) is 7.29. The minimum absolute atomic E-state index is 0.616. The first-order valence-corrected chi connectivity index (χ1v) is 9.56. The highest BCUT2D eigenvalue weighted by molar-refractivity contribution is 7.11. The van der Waals surface area contributed by atoms with Gasteiger partial charge in [-0.25, -0.2) is 4.98 Å². The highest BCUT2D eigenvalue weighted by Crippen LogP contribution is 2.33. The van der Waals surface area contributed by atoms with Crippen molar-refractivity contribution < 1.29 is 9.47 Å². The molecule has 0 spiro atoms. The summed E-state index contributed by atoms with van der Waals surface area (Å²) in [5.41, 5.74) is 3.19. The van der Waals surface area contributed by atoms with Gasteiger partial charge >= 0.3 is 0 Å². The van der Waals surface area contributed by atoms with Gasteiger partial charge in [0.2, 0.25) is 0 Å². The van der Waals surface area contributed by atoms with Gasteiger partial charge in [-0.3, -0.25) is 4.99 Å². The zero-order chi connectivity index (χ0) is 19.8. The van der Waals surface area contributed by atoms with Crippen molar-refractivity contribution in [2.24, 2.45) is 4.99 Å². The van der Waals surface area contributed by atoms with Crippen LogP contribution < -0.4 is 20.1 Å². The zero-order valence-corrected chi connectivity index (χ0v) is 17.5. The maximum Gasteiger partial charge on any atom is 0.191 e. The Hall–Kier alpha value is -2.54. The van der Waals surface area contributed by atoms with Crippen molar-refractivity contribution in [1.82, 2.24) is 15.6 Å². The Morgan fingerprint density at radius 1 is 1.22 bits per heavy atom. The molecule has 0 aliphatic rings. The van der Waals surface area contributed by atoms with E-state index in [0.29, 0.717) is 25.3 Å². The number of nitrogens with one attached hydrogen (secondary N) is 2. The molecule has 0 atom stereocenters. The van der Waals surface area contributed by atoms with E-state index in [2.05, 4.69) is 33.3 Å². The molecular formula is C20H28N4O2S. The summed E-state index contributed by atoms with van der Waals surface area (Å²) in [6, 6.07) is 4.07. The molecular weight excluding hydrogens is 360 g/mol. The van der Waals surface area contributed by atoms with E-state index in [0.717, 1.165) is 33.5 Å². The van der Waals surface area contributed by atoms with Crippen LogP contribution in [-0.2, 0) is 19.5 Å². The lowest BCUT2D eigenvalue weighted by molar-refractivity contribution is 0.352. The second kappa shape index (κ2) is 9.97. The first-order valence-electron chi connectivity index (χ1n) is 8.74. The van der Waals surface area contributed by atoms with Crippen molar-refractivity contribution in [3.05, 3.63) is 51.5 Å². The molecule has 0 radical (unpaired) electrons. The van der Waals surface area contributed by atoms with Crippen molar-refractivity contribution in [1.29, 1.82) is 0 Å². The Balaban J connectivity index is 2.06. The number of benzene rings is 1. The second-order valence-electron chi connectivity index (χ2n) is 6.00. The third-order valence-corrected chi connectivity index (χ3v) is 5.15. The molecule has 146 valence electrons. The Kier molecular flexibility index (Phi) is 7.67. The lowest BCUT2D eigenvalue weighted by Gasteiger charge is -2.16. The van der Waals surface area contributed by atoms with Crippen LogP contribution in [0.1, 0.15) is 26.7 Å². The minimum Gasteiger partial charge on any atom is -0.493 e. The third-order valence-electron chi connectivity index (χ3n) is 4.08. The van der Waals surface area contributed by atoms with Crippen LogP contribution in [0.4, 0.5) is 0 Å². The van der Waals surface area contributed by atoms with Crippen LogP contribution in [0.3, 0.4) is 0 Å². The van der Waals surface area contributed by atoms with E-state index in [1.807, 2.05) is 26.0 Å². The van der Waals surface area contributed by atoms with Crippen LogP contribution in [0.15, 0.2) is 29.8 Å². The number of ether oxygens (including phenoxy) is 2. The third kappa shape index (κ3) is 5.47. The van der Waals surface area contributed by atoms with Crippen molar-refractivity contribution in [2.75, 3.05) is 21.3 Å². The molecule has 0 aliphatic carbocycles. The summed E-state index contributed by atoms with van der Waals surface area (Å²) in [5.74, 6) is 2.20. The van der Waals surface area contributed by atoms with Crippen LogP contribution >= 0.6 is 11.3 Å². The van der Waals surface area contributed by atoms with Crippen LogP contribution in [-0.4, -0.2) is 32.2 Å². The number of aliphatic imine (C=N–C) groups is 1. The van der Waals surface area contributed by atoms with Crippen LogP contribution in [0.2, 0.25) is 0 Å². The predicted molar refractivity (Wildman–Crippen MR) is 112 cm³/mol. The van der Waals surface area contributed by atoms with Gasteiger partial charge in [-0.1, -0.05) is 6.08 Å². The fourth-order valence-corrected chi connectivity index (χ4v) is 3.70. The number of nitrogens with zero attached hydrogens (tertiary/aromatic N) is 2. The van der Waals surface area contributed by atoms with E-state index in [1.165, 1.54) is 4.88 Å². The first kappa shape index (κ1) is 20.8. The maximum absolute atomic E-state index is 5.49. The van der Waals surface area contributed by atoms with E-state index in [9.17, 15) is 0 Å². The van der Waals surface area contributed by atoms with E-state index in [-0.39, 0.29) is 0 Å². The first-order chi connectivity index (χ1) is 13.0. The van der Waals surface area contributed by atoms with Crippen molar-refractivity contribution in [2.45, 2.75) is 33.4 Å². The Morgan fingerprint density at radius 3 is 2.52 bits per heavy atom. The molecule has 0 saturated carbocycles. The average molecular weight is 389 g/mol. The summed E-state index contributed by atoms with van der Waals surface area (Å²) in [5, 5.41) is 7.76. The van der Waals surface area contributed by atoms with E-state index < -0.39 is 0 Å². The number of aryl methyl sites for hydroxylation is 2.